The van der Waals surface area contributed by atoms with Crippen LogP contribution in [0.5, 0.6) is 28.7 Å². The number of aliphatic hydroxyl groups excluding tert-OH is 2. The van der Waals surface area contributed by atoms with E-state index in [0.29, 0.717) is 72.4 Å². The molecule has 2 heterocycles. The van der Waals surface area contributed by atoms with Gasteiger partial charge in [-0.05, 0) is 98.9 Å². The summed E-state index contributed by atoms with van der Waals surface area (Å²) in [6, 6.07) is 16.2. The van der Waals surface area contributed by atoms with E-state index < -0.39 is 22.7 Å². The first-order valence-corrected chi connectivity index (χ1v) is 21.1. The highest BCUT2D eigenvalue weighted by Crippen LogP contribution is 2.62. The van der Waals surface area contributed by atoms with Crippen LogP contribution in [0.3, 0.4) is 0 Å². The second-order valence-corrected chi connectivity index (χ2v) is 15.6. The van der Waals surface area contributed by atoms with Gasteiger partial charge in [-0.1, -0.05) is 43.1 Å². The van der Waals surface area contributed by atoms with Crippen LogP contribution >= 0.6 is 0 Å². The van der Waals surface area contributed by atoms with E-state index in [0.717, 1.165) is 36.8 Å². The van der Waals surface area contributed by atoms with E-state index in [1.54, 1.807) is 42.5 Å². The van der Waals surface area contributed by atoms with Crippen molar-refractivity contribution in [3.05, 3.63) is 106 Å². The van der Waals surface area contributed by atoms with Crippen LogP contribution in [0.2, 0.25) is 0 Å². The number of hydrogen-bond acceptors (Lipinski definition) is 12. The fourth-order valence-electron chi connectivity index (χ4n) is 9.49. The van der Waals surface area contributed by atoms with Gasteiger partial charge >= 0.3 is 0 Å². The summed E-state index contributed by atoms with van der Waals surface area (Å²) in [5.74, 6) is 0.0315. The minimum Gasteiger partial charge on any atom is -0.459 e. The summed E-state index contributed by atoms with van der Waals surface area (Å²) in [4.78, 5) is 33.8. The molecule has 2 N–H and O–H groups in total. The highest BCUT2D eigenvalue weighted by molar-refractivity contribution is 6.03. The first kappa shape index (κ1) is 42.7. The maximum absolute atomic E-state index is 15.0. The van der Waals surface area contributed by atoms with Crippen LogP contribution in [-0.4, -0.2) is 83.2 Å². The second kappa shape index (κ2) is 19.3. The van der Waals surface area contributed by atoms with Crippen LogP contribution in [0.4, 0.5) is 5.69 Å². The molecule has 0 aromatic heterocycles. The number of non-ortho nitro benzene ring substituents is 1. The molecule has 0 bridgehead atoms. The van der Waals surface area contributed by atoms with Crippen molar-refractivity contribution >= 4 is 17.3 Å². The van der Waals surface area contributed by atoms with Gasteiger partial charge < -0.3 is 43.6 Å². The number of carbonyl (C=O) groups is 1. The van der Waals surface area contributed by atoms with Crippen molar-refractivity contribution in [3.63, 3.8) is 0 Å². The summed E-state index contributed by atoms with van der Waals surface area (Å²) in [6.45, 7) is 8.98. The average molecular weight is 826 g/mol. The van der Waals surface area contributed by atoms with Gasteiger partial charge in [0, 0.05) is 49.3 Å². The number of hydrogen-bond donors (Lipinski definition) is 2. The summed E-state index contributed by atoms with van der Waals surface area (Å²) >= 11 is 0. The number of allylic oxidation sites excluding steroid dienone is 1. The Hall–Kier alpha value is -5.44. The molecule has 0 radical (unpaired) electrons. The Morgan fingerprint density at radius 1 is 1.00 bits per heavy atom. The topological polar surface area (TPSA) is 172 Å². The van der Waals surface area contributed by atoms with Crippen molar-refractivity contribution in [2.45, 2.75) is 83.0 Å². The molecule has 6 atom stereocenters. The first-order chi connectivity index (χ1) is 29.3. The number of amides is 1. The first-order valence-electron chi connectivity index (χ1n) is 21.1. The van der Waals surface area contributed by atoms with Crippen molar-refractivity contribution < 1.29 is 48.5 Å². The van der Waals surface area contributed by atoms with Gasteiger partial charge in [-0.2, -0.15) is 0 Å². The van der Waals surface area contributed by atoms with Gasteiger partial charge in [-0.3, -0.25) is 14.9 Å². The quantitative estimate of drug-likeness (QED) is 0.0486. The van der Waals surface area contributed by atoms with Crippen molar-refractivity contribution in [2.75, 3.05) is 39.8 Å². The number of benzene rings is 3. The van der Waals surface area contributed by atoms with Crippen LogP contribution in [0.25, 0.3) is 0 Å². The molecule has 2 aliphatic heterocycles. The third-order valence-corrected chi connectivity index (χ3v) is 11.9. The molecule has 1 saturated carbocycles. The Labute approximate surface area is 350 Å². The van der Waals surface area contributed by atoms with Gasteiger partial charge in [0.2, 0.25) is 12.6 Å². The van der Waals surface area contributed by atoms with Crippen LogP contribution in [0, 0.1) is 27.9 Å². The Kier molecular flexibility index (Phi) is 13.7. The molecular formula is C46H55N3O11. The summed E-state index contributed by atoms with van der Waals surface area (Å²) in [5.41, 5.74) is 2.83. The standard InChI is InChI=1S/C46H55N3O11/c1-4-20-48(45(52)31-16-18-40-41(25-31)56-29-55-40)42-28-38(47-58-6-3)36-24-30(12-7-9-21-50)35(15-8-10-22-51)43-37-27-34(59-33-14-11-13-32(26-33)49(53)54)17-19-39(37)60-46(42,44(36)43)57-23-5-2/h5,11,13-14,16-19,24-27,30,35,42-44,50-51H,2,4,6-10,12,15,20-23,28-29H2,1,3H3/t30-,35+,42-,43+,44+,46+/m0/s1. The van der Waals surface area contributed by atoms with E-state index in [1.165, 1.54) is 12.1 Å². The van der Waals surface area contributed by atoms with Crippen molar-refractivity contribution in [2.24, 2.45) is 22.9 Å². The van der Waals surface area contributed by atoms with E-state index in [2.05, 4.69) is 12.7 Å². The summed E-state index contributed by atoms with van der Waals surface area (Å²) in [5, 5.41) is 36.2. The molecule has 2 aliphatic carbocycles. The molecule has 3 aromatic carbocycles. The molecule has 320 valence electrons. The summed E-state index contributed by atoms with van der Waals surface area (Å²) in [7, 11) is 0. The highest BCUT2D eigenvalue weighted by Gasteiger charge is 2.65. The molecule has 1 fully saturated rings. The van der Waals surface area contributed by atoms with E-state index >= 15 is 0 Å². The third-order valence-electron chi connectivity index (χ3n) is 11.9. The molecular weight excluding hydrogens is 771 g/mol. The number of nitrogens with zero attached hydrogens (tertiary/aromatic N) is 3. The lowest BCUT2D eigenvalue weighted by Gasteiger charge is -2.60. The number of oxime groups is 1. The monoisotopic (exact) mass is 825 g/mol. The van der Waals surface area contributed by atoms with Gasteiger partial charge in [0.1, 0.15) is 29.9 Å². The molecule has 60 heavy (non-hydrogen) atoms. The maximum atomic E-state index is 15.0. The fraction of sp³-hybridized carbons (Fsp3) is 0.478. The van der Waals surface area contributed by atoms with Gasteiger partial charge in [0.15, 0.2) is 11.5 Å². The van der Waals surface area contributed by atoms with E-state index in [1.807, 2.05) is 30.9 Å². The zero-order valence-corrected chi connectivity index (χ0v) is 34.3. The maximum Gasteiger partial charge on any atom is 0.273 e. The number of nitro benzene ring substituents is 1. The molecule has 0 saturated heterocycles. The normalized spacial score (nSPS) is 24.1. The number of rotatable bonds is 20. The largest absolute Gasteiger partial charge is 0.459 e. The van der Waals surface area contributed by atoms with Crippen LogP contribution in [0.1, 0.15) is 87.1 Å². The lowest BCUT2D eigenvalue weighted by atomic mass is 9.55. The fourth-order valence-corrected chi connectivity index (χ4v) is 9.49. The molecule has 4 aliphatic rings. The van der Waals surface area contributed by atoms with Gasteiger partial charge in [-0.15, -0.1) is 6.58 Å². The lowest BCUT2D eigenvalue weighted by Crippen LogP contribution is -2.70. The Morgan fingerprint density at radius 3 is 2.52 bits per heavy atom. The molecule has 14 heteroatoms. The van der Waals surface area contributed by atoms with Gasteiger partial charge in [0.25, 0.3) is 11.6 Å². The van der Waals surface area contributed by atoms with Crippen molar-refractivity contribution in [1.29, 1.82) is 0 Å². The number of carbonyl (C=O) groups excluding carboxylic acids is 1. The molecule has 14 nitrogen and oxygen atoms in total. The van der Waals surface area contributed by atoms with Crippen LogP contribution in [-0.2, 0) is 9.57 Å². The summed E-state index contributed by atoms with van der Waals surface area (Å²) < 4.78 is 31.9. The van der Waals surface area contributed by atoms with E-state index in [-0.39, 0.29) is 62.4 Å². The molecule has 0 unspecified atom stereocenters. The molecule has 3 aromatic rings. The number of fused-ring (bicyclic) bond motifs is 3. The lowest BCUT2D eigenvalue weighted by molar-refractivity contribution is -0.384. The number of unbranched alkanes of at least 4 members (excludes halogenated alkanes) is 2. The zero-order valence-electron chi connectivity index (χ0n) is 34.3. The smallest absolute Gasteiger partial charge is 0.273 e. The predicted molar refractivity (Wildman–Crippen MR) is 224 cm³/mol. The highest BCUT2D eigenvalue weighted by atomic mass is 16.7. The third kappa shape index (κ3) is 8.59. The Morgan fingerprint density at radius 2 is 1.77 bits per heavy atom. The van der Waals surface area contributed by atoms with E-state index in [4.69, 9.17) is 33.7 Å². The van der Waals surface area contributed by atoms with Gasteiger partial charge in [-0.25, -0.2) is 0 Å². The minimum absolute atomic E-state index is 0.00249. The van der Waals surface area contributed by atoms with Crippen molar-refractivity contribution in [1.82, 2.24) is 4.90 Å². The number of ether oxygens (including phenoxy) is 5. The van der Waals surface area contributed by atoms with E-state index in [9.17, 15) is 25.1 Å². The minimum atomic E-state index is -1.43. The predicted octanol–water partition coefficient (Wildman–Crippen LogP) is 8.32. The Balaban J connectivity index is 1.43. The molecule has 0 spiro atoms. The van der Waals surface area contributed by atoms with Gasteiger partial charge in [0.05, 0.1) is 29.2 Å². The number of aliphatic hydroxyl groups is 2. The second-order valence-electron chi connectivity index (χ2n) is 15.6. The molecule has 7 rings (SSSR count). The average Bonchev–Trinajstić information content (AvgIpc) is 3.74. The van der Waals surface area contributed by atoms with Crippen LogP contribution < -0.4 is 18.9 Å². The number of nitro groups is 1. The summed E-state index contributed by atoms with van der Waals surface area (Å²) in [6.07, 6.45) is 9.29. The Bertz CT molecular complexity index is 2090. The molecule has 1 amide bonds. The van der Waals surface area contributed by atoms with Crippen LogP contribution in [0.15, 0.2) is 90.1 Å². The SMILES string of the molecule is C=CCO[C@@]12Oc3ccc(Oc4cccc([N+](=O)[O-])c4)cc3[C@H]3[C@H](CCCCO)[C@@H](CCCCO)C=C(C(=NOCC)C[C@@H]1N(CCC)C(=O)c1ccc4c(c1)OCO4)[C@H]32. The zero-order chi connectivity index (χ0) is 42.2. The van der Waals surface area contributed by atoms with Crippen molar-refractivity contribution in [3.8, 4) is 28.7 Å².